The van der Waals surface area contributed by atoms with Gasteiger partial charge in [0.15, 0.2) is 11.6 Å². The molecule has 2 aliphatic heterocycles. The van der Waals surface area contributed by atoms with E-state index in [1.807, 2.05) is 36.4 Å². The van der Waals surface area contributed by atoms with Crippen molar-refractivity contribution in [3.8, 4) is 0 Å². The number of aromatic nitrogens is 8. The Kier molecular flexibility index (Phi) is 16.3. The lowest BCUT2D eigenvalue weighted by atomic mass is 10.1. The van der Waals surface area contributed by atoms with Crippen LogP contribution in [-0.2, 0) is 42.2 Å². The third-order valence-corrected chi connectivity index (χ3v) is 12.4. The molecular formula is C39H52Cl4N14O4. The summed E-state index contributed by atoms with van der Waals surface area (Å²) in [5, 5.41) is 37.5. The number of amides is 4. The minimum absolute atomic E-state index is 0.0789. The van der Waals surface area contributed by atoms with Crippen molar-refractivity contribution in [2.24, 2.45) is 11.8 Å². The number of ether oxygens (including phenoxy) is 2. The molecule has 61 heavy (non-hydrogen) atoms. The lowest BCUT2D eigenvalue weighted by Gasteiger charge is -2.37. The Balaban J connectivity index is 0.000000184. The molecule has 0 spiro atoms. The van der Waals surface area contributed by atoms with Gasteiger partial charge < -0.3 is 30.7 Å². The van der Waals surface area contributed by atoms with Crippen molar-refractivity contribution in [1.29, 1.82) is 0 Å². The second kappa shape index (κ2) is 22.0. The molecule has 4 heterocycles. The first-order valence-electron chi connectivity index (χ1n) is 20.7. The van der Waals surface area contributed by atoms with Crippen molar-refractivity contribution >= 4 is 58.5 Å². The number of benzene rings is 2. The van der Waals surface area contributed by atoms with Crippen LogP contribution >= 0.6 is 46.4 Å². The van der Waals surface area contributed by atoms with E-state index in [9.17, 15) is 9.59 Å². The molecule has 330 valence electrons. The number of hydrogen-bond acceptors (Lipinski definition) is 12. The third-order valence-electron chi connectivity index (χ3n) is 10.9. The summed E-state index contributed by atoms with van der Waals surface area (Å²) in [6, 6.07) is 11.0. The number of tetrazole rings is 2. The van der Waals surface area contributed by atoms with Crippen LogP contribution in [0, 0.1) is 11.8 Å². The lowest BCUT2D eigenvalue weighted by molar-refractivity contribution is -0.0388. The molecule has 4 amide bonds. The average Bonchev–Trinajstić information content (AvgIpc) is 4.17. The van der Waals surface area contributed by atoms with Crippen molar-refractivity contribution in [1.82, 2.24) is 71.5 Å². The fourth-order valence-corrected chi connectivity index (χ4v) is 7.62. The van der Waals surface area contributed by atoms with Crippen molar-refractivity contribution in [3.05, 3.63) is 79.3 Å². The first-order chi connectivity index (χ1) is 29.5. The van der Waals surface area contributed by atoms with Crippen molar-refractivity contribution in [3.63, 3.8) is 0 Å². The van der Waals surface area contributed by atoms with Crippen LogP contribution in [0.5, 0.6) is 0 Å². The molecule has 2 aromatic heterocycles. The maximum Gasteiger partial charge on any atom is 0.315 e. The largest absolute Gasteiger partial charge is 0.374 e. The number of carbonyl (C=O) groups is 2. The minimum Gasteiger partial charge on any atom is -0.374 e. The molecule has 1 unspecified atom stereocenters. The number of morpholine rings is 2. The van der Waals surface area contributed by atoms with Gasteiger partial charge in [0.25, 0.3) is 0 Å². The molecule has 4 aromatic rings. The zero-order valence-electron chi connectivity index (χ0n) is 34.0. The van der Waals surface area contributed by atoms with E-state index in [1.54, 1.807) is 9.48 Å². The quantitative estimate of drug-likeness (QED) is 0.121. The molecule has 2 aliphatic carbocycles. The fraction of sp³-hybridized carbons (Fsp3) is 0.590. The van der Waals surface area contributed by atoms with Gasteiger partial charge in [-0.05, 0) is 95.5 Å². The predicted octanol–water partition coefficient (Wildman–Crippen LogP) is 4.74. The molecule has 2 aromatic carbocycles. The first-order valence-corrected chi connectivity index (χ1v) is 22.2. The lowest BCUT2D eigenvalue weighted by Crippen LogP contribution is -2.49. The van der Waals surface area contributed by atoms with E-state index in [0.29, 0.717) is 76.4 Å². The number of nitrogens with zero attached hydrogens (tertiary/aromatic N) is 10. The zero-order chi connectivity index (χ0) is 42.7. The van der Waals surface area contributed by atoms with Crippen LogP contribution in [0.25, 0.3) is 0 Å². The number of hydrogen-bond donors (Lipinski definition) is 4. The highest BCUT2D eigenvalue weighted by Gasteiger charge is 2.27. The summed E-state index contributed by atoms with van der Waals surface area (Å²) >= 11 is 24.3. The highest BCUT2D eigenvalue weighted by atomic mass is 35.5. The van der Waals surface area contributed by atoms with Crippen molar-refractivity contribution in [2.45, 2.75) is 83.6 Å². The molecule has 4 N–H and O–H groups in total. The van der Waals surface area contributed by atoms with Gasteiger partial charge in [-0.2, -0.15) is 4.80 Å². The topological polar surface area (TPSA) is 194 Å². The zero-order valence-corrected chi connectivity index (χ0v) is 37.0. The van der Waals surface area contributed by atoms with Crippen molar-refractivity contribution < 1.29 is 19.1 Å². The molecule has 0 bridgehead atoms. The molecule has 0 radical (unpaired) electrons. The standard InChI is InChI=1S/C20H27Cl2N7O2.C19H25Cl2N7O2/c1-13(15-4-5-17(21)18(22)8-15)28-6-7-31-16(12-28)9-23-20(30)24-10-19-25-26-27-29(19)11-14-2-3-14;20-16-4-3-14(7-17(16)21)10-27-5-6-30-15(12-27)8-22-19(29)23-9-18-24-26-28(25-18)11-13-1-2-13/h4-5,8,13-14,16H,2-3,6-7,9-12H2,1H3,(H2,23,24,30);3-4,7,13,15H,1-2,5-6,8-12H2,(H2,22,23,29)/t13?,16-;15-/m00/s1. The van der Waals surface area contributed by atoms with E-state index in [4.69, 9.17) is 55.9 Å². The summed E-state index contributed by atoms with van der Waals surface area (Å²) in [4.78, 5) is 30.5. The van der Waals surface area contributed by atoms with Crippen LogP contribution in [0.2, 0.25) is 20.1 Å². The Labute approximate surface area is 374 Å². The van der Waals surface area contributed by atoms with E-state index in [1.165, 1.54) is 25.7 Å². The summed E-state index contributed by atoms with van der Waals surface area (Å²) < 4.78 is 13.4. The Morgan fingerprint density at radius 3 is 2.11 bits per heavy atom. The maximum atomic E-state index is 12.2. The van der Waals surface area contributed by atoms with Gasteiger partial charge in [-0.15, -0.1) is 15.3 Å². The van der Waals surface area contributed by atoms with Crippen molar-refractivity contribution in [2.75, 3.05) is 52.5 Å². The predicted molar refractivity (Wildman–Crippen MR) is 229 cm³/mol. The second-order valence-electron chi connectivity index (χ2n) is 15.9. The fourth-order valence-electron chi connectivity index (χ4n) is 6.99. The Hall–Kier alpha value is -3.88. The van der Waals surface area contributed by atoms with Crippen LogP contribution in [0.15, 0.2) is 36.4 Å². The molecule has 2 saturated carbocycles. The number of halogens is 4. The van der Waals surface area contributed by atoms with Gasteiger partial charge in [-0.1, -0.05) is 58.5 Å². The molecule has 4 fully saturated rings. The molecule has 22 heteroatoms. The first kappa shape index (κ1) is 45.2. The SMILES string of the molecule is CC(c1ccc(Cl)c(Cl)c1)N1CCO[C@@H](CNC(=O)NCc2nnnn2CC2CC2)C1.O=C(NCc1nnn(CC2CC2)n1)NC[C@H]1CN(Cc2ccc(Cl)c(Cl)c2)CCO1. The van der Waals surface area contributed by atoms with Gasteiger partial charge in [-0.3, -0.25) is 9.80 Å². The van der Waals surface area contributed by atoms with Gasteiger partial charge in [-0.25, -0.2) is 14.3 Å². The van der Waals surface area contributed by atoms with E-state index < -0.39 is 0 Å². The summed E-state index contributed by atoms with van der Waals surface area (Å²) in [5.74, 6) is 2.51. The minimum atomic E-state index is -0.279. The molecular weight excluding hydrogens is 870 g/mol. The number of carbonyl (C=O) groups excluding carboxylic acids is 2. The van der Waals surface area contributed by atoms with Crippen LogP contribution < -0.4 is 21.3 Å². The van der Waals surface area contributed by atoms with E-state index in [0.717, 1.165) is 50.4 Å². The second-order valence-corrected chi connectivity index (χ2v) is 17.5. The Morgan fingerprint density at radius 2 is 1.41 bits per heavy atom. The van der Waals surface area contributed by atoms with Gasteiger partial charge in [0.1, 0.15) is 0 Å². The van der Waals surface area contributed by atoms with Gasteiger partial charge in [0.2, 0.25) is 0 Å². The summed E-state index contributed by atoms with van der Waals surface area (Å²) in [7, 11) is 0. The normalized spacial score (nSPS) is 20.0. The number of rotatable bonds is 16. The highest BCUT2D eigenvalue weighted by molar-refractivity contribution is 6.42. The van der Waals surface area contributed by atoms with E-state index in [-0.39, 0.29) is 43.4 Å². The average molecular weight is 923 g/mol. The number of urea groups is 2. The van der Waals surface area contributed by atoms with Gasteiger partial charge in [0, 0.05) is 58.4 Å². The molecule has 4 aliphatic rings. The van der Waals surface area contributed by atoms with Crippen LogP contribution in [0.1, 0.15) is 61.4 Å². The van der Waals surface area contributed by atoms with Gasteiger partial charge in [0.05, 0.1) is 65.1 Å². The van der Waals surface area contributed by atoms with Crippen LogP contribution in [0.4, 0.5) is 9.59 Å². The molecule has 2 saturated heterocycles. The van der Waals surface area contributed by atoms with Gasteiger partial charge >= 0.3 is 12.1 Å². The third kappa shape index (κ3) is 14.3. The summed E-state index contributed by atoms with van der Waals surface area (Å²) in [6.45, 7) is 10.2. The monoisotopic (exact) mass is 920 g/mol. The highest BCUT2D eigenvalue weighted by Crippen LogP contribution is 2.31. The van der Waals surface area contributed by atoms with E-state index >= 15 is 0 Å². The van der Waals surface area contributed by atoms with Crippen LogP contribution in [-0.4, -0.2) is 127 Å². The molecule has 3 atom stereocenters. The smallest absolute Gasteiger partial charge is 0.315 e. The molecule has 8 rings (SSSR count). The Morgan fingerprint density at radius 1 is 0.754 bits per heavy atom. The van der Waals surface area contributed by atoms with Crippen LogP contribution in [0.3, 0.4) is 0 Å². The summed E-state index contributed by atoms with van der Waals surface area (Å²) in [5.41, 5.74) is 2.20. The maximum absolute atomic E-state index is 12.2. The number of nitrogens with one attached hydrogen (secondary N) is 4. The molecule has 18 nitrogen and oxygen atoms in total. The Bertz CT molecular complexity index is 2070. The van der Waals surface area contributed by atoms with E-state index in [2.05, 4.69) is 68.9 Å². The summed E-state index contributed by atoms with van der Waals surface area (Å²) in [6.07, 6.45) is 4.72.